The largest absolute Gasteiger partial charge is 0.462 e. The highest BCUT2D eigenvalue weighted by atomic mass is 19.3. The Morgan fingerprint density at radius 1 is 1.69 bits per heavy atom. The van der Waals surface area contributed by atoms with Crippen molar-refractivity contribution in [2.75, 3.05) is 7.11 Å². The minimum absolute atomic E-state index is 0.275. The van der Waals surface area contributed by atoms with Gasteiger partial charge in [0.25, 0.3) is 6.43 Å². The molecule has 0 aliphatic heterocycles. The highest BCUT2D eigenvalue weighted by molar-refractivity contribution is 5.47. The molecule has 0 N–H and O–H groups in total. The summed E-state index contributed by atoms with van der Waals surface area (Å²) in [6.45, 7) is 0. The standard InChI is InChI=1S/C8H5F2N3O3/c1-16-8-4(3-11)2-5(6(9)10)7(12-8)13(14)15/h2,6H,1H3. The first-order chi connectivity index (χ1) is 7.51. The van der Waals surface area contributed by atoms with Gasteiger partial charge in [-0.05, 0) is 11.0 Å². The van der Waals surface area contributed by atoms with E-state index in [-0.39, 0.29) is 11.4 Å². The van der Waals surface area contributed by atoms with E-state index in [9.17, 15) is 18.9 Å². The van der Waals surface area contributed by atoms with Crippen LogP contribution in [-0.2, 0) is 0 Å². The summed E-state index contributed by atoms with van der Waals surface area (Å²) in [5.41, 5.74) is -1.18. The first-order valence-electron chi connectivity index (χ1n) is 3.92. The van der Waals surface area contributed by atoms with Crippen molar-refractivity contribution in [1.82, 2.24) is 4.98 Å². The van der Waals surface area contributed by atoms with E-state index in [0.717, 1.165) is 7.11 Å². The SMILES string of the molecule is COc1nc([N+](=O)[O-])c(C(F)F)cc1C#N. The third-order valence-corrected chi connectivity index (χ3v) is 1.72. The molecule has 1 aromatic rings. The van der Waals surface area contributed by atoms with Crippen molar-refractivity contribution in [3.8, 4) is 11.9 Å². The van der Waals surface area contributed by atoms with Crippen LogP contribution in [-0.4, -0.2) is 17.0 Å². The van der Waals surface area contributed by atoms with E-state index in [1.807, 2.05) is 0 Å². The van der Waals surface area contributed by atoms with Gasteiger partial charge in [-0.1, -0.05) is 0 Å². The van der Waals surface area contributed by atoms with Gasteiger partial charge in [0.05, 0.1) is 7.11 Å². The molecule has 0 radical (unpaired) electrons. The lowest BCUT2D eigenvalue weighted by molar-refractivity contribution is -0.391. The van der Waals surface area contributed by atoms with Gasteiger partial charge in [-0.2, -0.15) is 5.26 Å². The smallest absolute Gasteiger partial charge is 0.376 e. The number of rotatable bonds is 3. The predicted molar refractivity (Wildman–Crippen MR) is 47.1 cm³/mol. The van der Waals surface area contributed by atoms with E-state index in [2.05, 4.69) is 9.72 Å². The van der Waals surface area contributed by atoms with E-state index in [1.54, 1.807) is 6.07 Å². The van der Waals surface area contributed by atoms with Crippen LogP contribution in [0.4, 0.5) is 14.6 Å². The first-order valence-corrected chi connectivity index (χ1v) is 3.92. The summed E-state index contributed by atoms with van der Waals surface area (Å²) in [4.78, 5) is 12.7. The van der Waals surface area contributed by atoms with Crippen LogP contribution in [0, 0.1) is 21.4 Å². The lowest BCUT2D eigenvalue weighted by atomic mass is 10.2. The number of hydrogen-bond acceptors (Lipinski definition) is 5. The molecule has 84 valence electrons. The van der Waals surface area contributed by atoms with E-state index >= 15 is 0 Å². The second-order valence-corrected chi connectivity index (χ2v) is 2.63. The summed E-state index contributed by atoms with van der Waals surface area (Å²) in [5, 5.41) is 19.1. The van der Waals surface area contributed by atoms with Gasteiger partial charge in [-0.25, -0.2) is 8.78 Å². The lowest BCUT2D eigenvalue weighted by Crippen LogP contribution is -2.03. The molecule has 0 aliphatic carbocycles. The number of hydrogen-bond donors (Lipinski definition) is 0. The molecule has 1 heterocycles. The number of ether oxygens (including phenoxy) is 1. The van der Waals surface area contributed by atoms with Gasteiger partial charge in [-0.15, -0.1) is 0 Å². The Kier molecular flexibility index (Phi) is 3.30. The molecule has 0 amide bonds. The highest BCUT2D eigenvalue weighted by Crippen LogP contribution is 2.31. The third-order valence-electron chi connectivity index (χ3n) is 1.72. The van der Waals surface area contributed by atoms with Crippen molar-refractivity contribution in [2.24, 2.45) is 0 Å². The normalized spacial score (nSPS) is 9.94. The molecule has 0 unspecified atom stereocenters. The van der Waals surface area contributed by atoms with E-state index in [4.69, 9.17) is 5.26 Å². The van der Waals surface area contributed by atoms with E-state index in [1.165, 1.54) is 0 Å². The monoisotopic (exact) mass is 229 g/mol. The molecule has 0 aromatic carbocycles. The number of halogens is 2. The van der Waals surface area contributed by atoms with Crippen LogP contribution in [0.25, 0.3) is 0 Å². The van der Waals surface area contributed by atoms with E-state index in [0.29, 0.717) is 6.07 Å². The number of nitriles is 1. The Morgan fingerprint density at radius 3 is 2.69 bits per heavy atom. The van der Waals surface area contributed by atoms with Gasteiger partial charge in [0.15, 0.2) is 0 Å². The first kappa shape index (κ1) is 11.8. The molecule has 0 fully saturated rings. The molecule has 16 heavy (non-hydrogen) atoms. The zero-order chi connectivity index (χ0) is 12.3. The Balaban J connectivity index is 3.49. The quantitative estimate of drug-likeness (QED) is 0.582. The second-order valence-electron chi connectivity index (χ2n) is 2.63. The van der Waals surface area contributed by atoms with Crippen LogP contribution in [0.1, 0.15) is 17.6 Å². The van der Waals surface area contributed by atoms with Crippen molar-refractivity contribution in [1.29, 1.82) is 5.26 Å². The van der Waals surface area contributed by atoms with Crippen LogP contribution in [0.15, 0.2) is 6.07 Å². The molecule has 0 bridgehead atoms. The van der Waals surface area contributed by atoms with Gasteiger partial charge < -0.3 is 14.9 Å². The van der Waals surface area contributed by atoms with Crippen LogP contribution >= 0.6 is 0 Å². The summed E-state index contributed by atoms with van der Waals surface area (Å²) in [6.07, 6.45) is -3.08. The Labute approximate surface area is 88.2 Å². The summed E-state index contributed by atoms with van der Waals surface area (Å²) < 4.78 is 29.5. The summed E-state index contributed by atoms with van der Waals surface area (Å²) in [6, 6.07) is 2.27. The minimum atomic E-state index is -3.08. The van der Waals surface area contributed by atoms with Crippen molar-refractivity contribution in [2.45, 2.75) is 6.43 Å². The fourth-order valence-corrected chi connectivity index (χ4v) is 1.05. The van der Waals surface area contributed by atoms with Crippen LogP contribution in [0.5, 0.6) is 5.88 Å². The Bertz CT molecular complexity index is 470. The van der Waals surface area contributed by atoms with Gasteiger partial charge in [0.2, 0.25) is 0 Å². The van der Waals surface area contributed by atoms with Crippen LogP contribution in [0.3, 0.4) is 0 Å². The van der Waals surface area contributed by atoms with Gasteiger partial charge in [0, 0.05) is 4.98 Å². The minimum Gasteiger partial charge on any atom is -0.462 e. The van der Waals surface area contributed by atoms with Crippen molar-refractivity contribution in [3.63, 3.8) is 0 Å². The molecule has 0 saturated heterocycles. The van der Waals surface area contributed by atoms with Crippen molar-refractivity contribution < 1.29 is 18.4 Å². The number of pyridine rings is 1. The summed E-state index contributed by atoms with van der Waals surface area (Å²) >= 11 is 0. The van der Waals surface area contributed by atoms with Crippen LogP contribution < -0.4 is 4.74 Å². The number of aromatic nitrogens is 1. The number of alkyl halides is 2. The molecular formula is C8H5F2N3O3. The number of nitrogens with zero attached hydrogens (tertiary/aromatic N) is 3. The molecule has 0 atom stereocenters. The zero-order valence-electron chi connectivity index (χ0n) is 7.98. The molecule has 6 nitrogen and oxygen atoms in total. The number of nitro groups is 1. The molecular weight excluding hydrogens is 224 g/mol. The molecule has 8 heteroatoms. The lowest BCUT2D eigenvalue weighted by Gasteiger charge is -2.03. The molecule has 0 aliphatic rings. The summed E-state index contributed by atoms with van der Waals surface area (Å²) in [7, 11) is 1.13. The summed E-state index contributed by atoms with van der Waals surface area (Å²) in [5.74, 6) is -1.36. The fourth-order valence-electron chi connectivity index (χ4n) is 1.05. The average molecular weight is 229 g/mol. The molecule has 0 spiro atoms. The maximum atomic E-state index is 12.4. The Morgan fingerprint density at radius 2 is 2.31 bits per heavy atom. The van der Waals surface area contributed by atoms with Crippen molar-refractivity contribution >= 4 is 5.82 Å². The van der Waals surface area contributed by atoms with Crippen LogP contribution in [0.2, 0.25) is 0 Å². The maximum Gasteiger partial charge on any atom is 0.376 e. The molecule has 1 aromatic heterocycles. The predicted octanol–water partition coefficient (Wildman–Crippen LogP) is 1.81. The van der Waals surface area contributed by atoms with Crippen molar-refractivity contribution in [3.05, 3.63) is 27.3 Å². The van der Waals surface area contributed by atoms with Gasteiger partial charge >= 0.3 is 11.7 Å². The highest BCUT2D eigenvalue weighted by Gasteiger charge is 2.27. The molecule has 0 saturated carbocycles. The van der Waals surface area contributed by atoms with E-state index < -0.39 is 22.7 Å². The number of methoxy groups -OCH3 is 1. The zero-order valence-corrected chi connectivity index (χ0v) is 7.98. The maximum absolute atomic E-state index is 12.4. The van der Waals surface area contributed by atoms with Gasteiger partial charge in [-0.3, -0.25) is 0 Å². The van der Waals surface area contributed by atoms with Gasteiger partial charge in [0.1, 0.15) is 17.2 Å². The fraction of sp³-hybridized carbons (Fsp3) is 0.250. The third kappa shape index (κ3) is 2.03. The Hall–Kier alpha value is -2.30. The average Bonchev–Trinajstić information content (AvgIpc) is 2.26. The molecule has 1 rings (SSSR count). The topological polar surface area (TPSA) is 89.1 Å². The second kappa shape index (κ2) is 4.48.